The summed E-state index contributed by atoms with van der Waals surface area (Å²) in [6, 6.07) is 14.0. The Morgan fingerprint density at radius 2 is 1.95 bits per heavy atom. The van der Waals surface area contributed by atoms with Gasteiger partial charge in [0.25, 0.3) is 5.91 Å². The van der Waals surface area contributed by atoms with E-state index in [0.29, 0.717) is 12.1 Å². The lowest BCUT2D eigenvalue weighted by atomic mass is 10.1. The van der Waals surface area contributed by atoms with Gasteiger partial charge in [0, 0.05) is 16.6 Å². The van der Waals surface area contributed by atoms with E-state index in [0.717, 1.165) is 15.6 Å². The predicted molar refractivity (Wildman–Crippen MR) is 85.2 cm³/mol. The second-order valence-electron chi connectivity index (χ2n) is 5.07. The number of fused-ring (bicyclic) bond motifs is 1. The van der Waals surface area contributed by atoms with Gasteiger partial charge in [-0.15, -0.1) is 0 Å². The third-order valence-electron chi connectivity index (χ3n) is 3.75. The van der Waals surface area contributed by atoms with Crippen molar-refractivity contribution in [3.63, 3.8) is 0 Å². The summed E-state index contributed by atoms with van der Waals surface area (Å²) in [5.41, 5.74) is 2.28. The second kappa shape index (κ2) is 5.93. The number of rotatable bonds is 3. The molecule has 1 atom stereocenters. The lowest BCUT2D eigenvalue weighted by molar-refractivity contribution is -0.146. The van der Waals surface area contributed by atoms with E-state index in [1.807, 2.05) is 42.5 Å². The lowest BCUT2D eigenvalue weighted by Gasteiger charge is -2.25. The number of benzene rings is 2. The van der Waals surface area contributed by atoms with Crippen molar-refractivity contribution in [1.29, 1.82) is 0 Å². The molecular weight excluding hydrogens is 346 g/mol. The maximum absolute atomic E-state index is 12.6. The van der Waals surface area contributed by atoms with Gasteiger partial charge in [-0.3, -0.25) is 4.79 Å². The summed E-state index contributed by atoms with van der Waals surface area (Å²) in [5.74, 6) is -0.590. The molecule has 0 saturated heterocycles. The van der Waals surface area contributed by atoms with E-state index in [4.69, 9.17) is 4.74 Å². The van der Waals surface area contributed by atoms with Crippen molar-refractivity contribution < 1.29 is 14.3 Å². The molecule has 1 aliphatic rings. The van der Waals surface area contributed by atoms with Crippen molar-refractivity contribution in [2.45, 2.75) is 12.6 Å². The largest absolute Gasteiger partial charge is 0.467 e. The minimum atomic E-state index is -0.732. The number of nitrogens with zero attached hydrogens (tertiary/aromatic N) is 1. The van der Waals surface area contributed by atoms with Crippen LogP contribution in [0.15, 0.2) is 53.0 Å². The van der Waals surface area contributed by atoms with Crippen LogP contribution in [0.1, 0.15) is 27.5 Å². The number of carbonyl (C=O) groups is 2. The van der Waals surface area contributed by atoms with Gasteiger partial charge in [-0.05, 0) is 29.3 Å². The highest BCUT2D eigenvalue weighted by atomic mass is 79.9. The second-order valence-corrected chi connectivity index (χ2v) is 5.99. The number of carbonyl (C=O) groups excluding carboxylic acids is 2. The Balaban J connectivity index is 2.01. The lowest BCUT2D eigenvalue weighted by Crippen LogP contribution is -2.35. The number of hydrogen-bond acceptors (Lipinski definition) is 3. The van der Waals surface area contributed by atoms with Crippen LogP contribution in [0.5, 0.6) is 0 Å². The van der Waals surface area contributed by atoms with Crippen LogP contribution in [0.2, 0.25) is 0 Å². The van der Waals surface area contributed by atoms with Crippen molar-refractivity contribution in [2.24, 2.45) is 0 Å². The van der Waals surface area contributed by atoms with E-state index in [-0.39, 0.29) is 5.91 Å². The third kappa shape index (κ3) is 2.52. The van der Waals surface area contributed by atoms with Crippen LogP contribution in [0.4, 0.5) is 0 Å². The number of amides is 1. The summed E-state index contributed by atoms with van der Waals surface area (Å²) in [6.45, 7) is 0.391. The van der Waals surface area contributed by atoms with Crippen molar-refractivity contribution in [1.82, 2.24) is 4.90 Å². The molecule has 3 rings (SSSR count). The number of ether oxygens (including phenoxy) is 1. The van der Waals surface area contributed by atoms with Crippen molar-refractivity contribution in [2.75, 3.05) is 7.11 Å². The highest BCUT2D eigenvalue weighted by Gasteiger charge is 2.37. The van der Waals surface area contributed by atoms with Crippen LogP contribution < -0.4 is 0 Å². The van der Waals surface area contributed by atoms with Crippen LogP contribution in [-0.4, -0.2) is 23.9 Å². The first kappa shape index (κ1) is 14.8. The van der Waals surface area contributed by atoms with E-state index in [9.17, 15) is 9.59 Å². The molecule has 0 N–H and O–H groups in total. The van der Waals surface area contributed by atoms with E-state index < -0.39 is 12.0 Å². The van der Waals surface area contributed by atoms with Crippen LogP contribution in [0.3, 0.4) is 0 Å². The van der Waals surface area contributed by atoms with Gasteiger partial charge in [-0.1, -0.05) is 46.3 Å². The molecule has 2 aromatic rings. The molecule has 0 radical (unpaired) electrons. The van der Waals surface area contributed by atoms with Gasteiger partial charge < -0.3 is 9.64 Å². The monoisotopic (exact) mass is 359 g/mol. The van der Waals surface area contributed by atoms with Gasteiger partial charge in [-0.2, -0.15) is 0 Å². The molecule has 0 fully saturated rings. The molecular formula is C17H14BrNO3. The number of hydrogen-bond donors (Lipinski definition) is 0. The van der Waals surface area contributed by atoms with Crippen molar-refractivity contribution >= 4 is 27.8 Å². The minimum absolute atomic E-state index is 0.151. The summed E-state index contributed by atoms with van der Waals surface area (Å²) >= 11 is 3.41. The Labute approximate surface area is 136 Å². The Morgan fingerprint density at radius 3 is 2.64 bits per heavy atom. The van der Waals surface area contributed by atoms with Crippen LogP contribution in [0, 0.1) is 0 Å². The SMILES string of the molecule is COC(=O)C(c1ccccc1)N1Cc2cc(Br)ccc2C1=O. The summed E-state index contributed by atoms with van der Waals surface area (Å²) in [4.78, 5) is 26.4. The molecule has 1 aliphatic heterocycles. The average molecular weight is 360 g/mol. The Hall–Kier alpha value is -2.14. The molecule has 1 amide bonds. The molecule has 0 aliphatic carbocycles. The maximum Gasteiger partial charge on any atom is 0.333 e. The van der Waals surface area contributed by atoms with Gasteiger partial charge in [0.1, 0.15) is 0 Å². The van der Waals surface area contributed by atoms with E-state index >= 15 is 0 Å². The molecule has 112 valence electrons. The van der Waals surface area contributed by atoms with Gasteiger partial charge >= 0.3 is 5.97 Å². The normalized spacial score (nSPS) is 14.6. The standard InChI is InChI=1S/C17H14BrNO3/c1-22-17(21)15(11-5-3-2-4-6-11)19-10-12-9-13(18)7-8-14(12)16(19)20/h2-9,15H,10H2,1H3. The smallest absolute Gasteiger partial charge is 0.333 e. The summed E-state index contributed by atoms with van der Waals surface area (Å²) in [7, 11) is 1.34. The molecule has 22 heavy (non-hydrogen) atoms. The van der Waals surface area contributed by atoms with Crippen LogP contribution in [-0.2, 0) is 16.1 Å². The molecule has 0 aromatic heterocycles. The first-order valence-corrected chi connectivity index (χ1v) is 7.63. The van der Waals surface area contributed by atoms with Crippen LogP contribution in [0.25, 0.3) is 0 Å². The van der Waals surface area contributed by atoms with Crippen molar-refractivity contribution in [3.8, 4) is 0 Å². The van der Waals surface area contributed by atoms with E-state index in [1.165, 1.54) is 7.11 Å². The average Bonchev–Trinajstić information content (AvgIpc) is 2.84. The first-order valence-electron chi connectivity index (χ1n) is 6.84. The van der Waals surface area contributed by atoms with E-state index in [1.54, 1.807) is 11.0 Å². The Kier molecular flexibility index (Phi) is 3.98. The van der Waals surface area contributed by atoms with Gasteiger partial charge in [0.2, 0.25) is 0 Å². The zero-order chi connectivity index (χ0) is 15.7. The molecule has 0 saturated carbocycles. The first-order chi connectivity index (χ1) is 10.6. The Morgan fingerprint density at radius 1 is 1.23 bits per heavy atom. The quantitative estimate of drug-likeness (QED) is 0.789. The molecule has 2 aromatic carbocycles. The van der Waals surface area contributed by atoms with Crippen molar-refractivity contribution in [3.05, 3.63) is 69.7 Å². The molecule has 0 bridgehead atoms. The van der Waals surface area contributed by atoms with Crippen LogP contribution >= 0.6 is 15.9 Å². The summed E-state index contributed by atoms with van der Waals surface area (Å²) in [6.07, 6.45) is 0. The fourth-order valence-corrected chi connectivity index (χ4v) is 3.12. The van der Waals surface area contributed by atoms with E-state index in [2.05, 4.69) is 15.9 Å². The maximum atomic E-state index is 12.6. The number of esters is 1. The predicted octanol–water partition coefficient (Wildman–Crippen LogP) is 3.32. The number of halogens is 1. The zero-order valence-electron chi connectivity index (χ0n) is 12.0. The highest BCUT2D eigenvalue weighted by Crippen LogP contribution is 2.33. The number of methoxy groups -OCH3 is 1. The fourth-order valence-electron chi connectivity index (χ4n) is 2.71. The summed E-state index contributed by atoms with van der Waals surface area (Å²) in [5, 5.41) is 0. The molecule has 4 nitrogen and oxygen atoms in total. The molecule has 5 heteroatoms. The Bertz CT molecular complexity index is 730. The van der Waals surface area contributed by atoms with Gasteiger partial charge in [0.05, 0.1) is 7.11 Å². The highest BCUT2D eigenvalue weighted by molar-refractivity contribution is 9.10. The summed E-state index contributed by atoms with van der Waals surface area (Å²) < 4.78 is 5.82. The molecule has 1 unspecified atom stereocenters. The minimum Gasteiger partial charge on any atom is -0.467 e. The third-order valence-corrected chi connectivity index (χ3v) is 4.24. The molecule has 0 spiro atoms. The zero-order valence-corrected chi connectivity index (χ0v) is 13.5. The van der Waals surface area contributed by atoms with Gasteiger partial charge in [0.15, 0.2) is 6.04 Å². The van der Waals surface area contributed by atoms with Gasteiger partial charge in [-0.25, -0.2) is 4.79 Å². The fraction of sp³-hybridized carbons (Fsp3) is 0.176. The topological polar surface area (TPSA) is 46.6 Å². The molecule has 1 heterocycles.